The molecule has 3 aromatic carbocycles. The van der Waals surface area contributed by atoms with E-state index >= 15 is 0 Å². The second-order valence-corrected chi connectivity index (χ2v) is 9.23. The molecule has 0 spiro atoms. The third kappa shape index (κ3) is 4.97. The SMILES string of the molecule is O=C1Nc2cc(Cl)ccc2C1=C(Nc1ccc(CNC2CCCCC2)cc1)c1ccccc1. The maximum absolute atomic E-state index is 13.0. The molecule has 1 heterocycles. The molecule has 5 rings (SSSR count). The number of rotatable bonds is 6. The largest absolute Gasteiger partial charge is 0.354 e. The van der Waals surface area contributed by atoms with Crippen molar-refractivity contribution in [1.29, 1.82) is 0 Å². The predicted molar refractivity (Wildman–Crippen MR) is 137 cm³/mol. The fraction of sp³-hybridized carbons (Fsp3) is 0.250. The van der Waals surface area contributed by atoms with Gasteiger partial charge in [0.25, 0.3) is 5.91 Å². The minimum Gasteiger partial charge on any atom is -0.354 e. The summed E-state index contributed by atoms with van der Waals surface area (Å²) in [5.74, 6) is -0.132. The molecule has 168 valence electrons. The number of hydrogen-bond donors (Lipinski definition) is 3. The van der Waals surface area contributed by atoms with E-state index in [1.807, 2.05) is 42.5 Å². The maximum atomic E-state index is 13.0. The number of carbonyl (C=O) groups is 1. The van der Waals surface area contributed by atoms with Crippen molar-refractivity contribution in [2.45, 2.75) is 44.7 Å². The van der Waals surface area contributed by atoms with Gasteiger partial charge in [0.05, 0.1) is 17.0 Å². The Morgan fingerprint density at radius 3 is 2.45 bits per heavy atom. The van der Waals surface area contributed by atoms with Gasteiger partial charge in [-0.3, -0.25) is 4.79 Å². The average Bonchev–Trinajstić information content (AvgIpc) is 3.17. The Balaban J connectivity index is 1.41. The van der Waals surface area contributed by atoms with Gasteiger partial charge in [-0.1, -0.05) is 79.4 Å². The van der Waals surface area contributed by atoms with E-state index in [9.17, 15) is 4.79 Å². The number of benzene rings is 3. The second-order valence-electron chi connectivity index (χ2n) is 8.80. The van der Waals surface area contributed by atoms with Crippen molar-refractivity contribution < 1.29 is 4.79 Å². The Morgan fingerprint density at radius 2 is 1.70 bits per heavy atom. The summed E-state index contributed by atoms with van der Waals surface area (Å²) in [6.07, 6.45) is 6.60. The van der Waals surface area contributed by atoms with Gasteiger partial charge < -0.3 is 16.0 Å². The van der Waals surface area contributed by atoms with Crippen LogP contribution < -0.4 is 16.0 Å². The van der Waals surface area contributed by atoms with Crippen LogP contribution in [0.5, 0.6) is 0 Å². The predicted octanol–water partition coefficient (Wildman–Crippen LogP) is 6.69. The normalized spacial score (nSPS) is 17.4. The molecule has 1 fully saturated rings. The summed E-state index contributed by atoms with van der Waals surface area (Å²) in [5, 5.41) is 10.8. The van der Waals surface area contributed by atoms with E-state index < -0.39 is 0 Å². The highest BCUT2D eigenvalue weighted by Crippen LogP contribution is 2.38. The van der Waals surface area contributed by atoms with Gasteiger partial charge in [-0.2, -0.15) is 0 Å². The molecule has 0 atom stereocenters. The van der Waals surface area contributed by atoms with E-state index in [2.05, 4.69) is 40.2 Å². The second kappa shape index (κ2) is 9.82. The van der Waals surface area contributed by atoms with Gasteiger partial charge in [0, 0.05) is 28.9 Å². The lowest BCUT2D eigenvalue weighted by atomic mass is 9.95. The van der Waals surface area contributed by atoms with Crippen LogP contribution in [0.25, 0.3) is 11.3 Å². The molecule has 1 saturated carbocycles. The highest BCUT2D eigenvalue weighted by molar-refractivity contribution is 6.38. The van der Waals surface area contributed by atoms with Crippen LogP contribution in [0.4, 0.5) is 11.4 Å². The quantitative estimate of drug-likeness (QED) is 0.361. The fourth-order valence-corrected chi connectivity index (χ4v) is 4.87. The van der Waals surface area contributed by atoms with Crippen LogP contribution >= 0.6 is 11.6 Å². The first-order chi connectivity index (χ1) is 16.2. The minimum absolute atomic E-state index is 0.132. The van der Waals surface area contributed by atoms with Gasteiger partial charge in [-0.05, 0) is 48.2 Å². The molecule has 0 radical (unpaired) electrons. The van der Waals surface area contributed by atoms with E-state index in [4.69, 9.17) is 11.6 Å². The molecule has 0 unspecified atom stereocenters. The standard InChI is InChI=1S/C28H28ClN3O/c29-21-13-16-24-25(17-21)32-28(33)26(24)27(20-7-3-1-4-8-20)31-23-14-11-19(12-15-23)18-30-22-9-5-2-6-10-22/h1,3-4,7-8,11-17,22,30-31H,2,5-6,9-10,18H2,(H,32,33). The molecule has 4 nitrogen and oxygen atoms in total. The van der Waals surface area contributed by atoms with E-state index in [-0.39, 0.29) is 5.91 Å². The third-order valence-corrected chi connectivity index (χ3v) is 6.70. The first-order valence-electron chi connectivity index (χ1n) is 11.7. The molecule has 33 heavy (non-hydrogen) atoms. The van der Waals surface area contributed by atoms with E-state index in [0.29, 0.717) is 16.6 Å². The van der Waals surface area contributed by atoms with Crippen LogP contribution in [0.2, 0.25) is 5.02 Å². The van der Waals surface area contributed by atoms with E-state index in [1.165, 1.54) is 37.7 Å². The third-order valence-electron chi connectivity index (χ3n) is 6.46. The molecule has 0 aromatic heterocycles. The first kappa shape index (κ1) is 21.7. The van der Waals surface area contributed by atoms with E-state index in [1.54, 1.807) is 6.07 Å². The van der Waals surface area contributed by atoms with Crippen molar-refractivity contribution in [1.82, 2.24) is 5.32 Å². The molecule has 1 aliphatic heterocycles. The van der Waals surface area contributed by atoms with Crippen molar-refractivity contribution in [2.24, 2.45) is 0 Å². The minimum atomic E-state index is -0.132. The molecule has 3 aromatic rings. The van der Waals surface area contributed by atoms with Crippen molar-refractivity contribution in [3.8, 4) is 0 Å². The smallest absolute Gasteiger partial charge is 0.258 e. The number of carbonyl (C=O) groups excluding carboxylic acids is 1. The summed E-state index contributed by atoms with van der Waals surface area (Å²) >= 11 is 6.15. The van der Waals surface area contributed by atoms with Gasteiger partial charge in [-0.15, -0.1) is 0 Å². The van der Waals surface area contributed by atoms with Crippen LogP contribution in [0.3, 0.4) is 0 Å². The zero-order valence-corrected chi connectivity index (χ0v) is 19.3. The summed E-state index contributed by atoms with van der Waals surface area (Å²) in [7, 11) is 0. The van der Waals surface area contributed by atoms with Crippen LogP contribution in [-0.4, -0.2) is 11.9 Å². The topological polar surface area (TPSA) is 53.2 Å². The molecule has 0 bridgehead atoms. The van der Waals surface area contributed by atoms with Gasteiger partial charge in [-0.25, -0.2) is 0 Å². The number of hydrogen-bond acceptors (Lipinski definition) is 3. The first-order valence-corrected chi connectivity index (χ1v) is 12.1. The molecule has 0 saturated heterocycles. The van der Waals surface area contributed by atoms with Gasteiger partial charge in [0.2, 0.25) is 0 Å². The number of fused-ring (bicyclic) bond motifs is 1. The van der Waals surface area contributed by atoms with E-state index in [0.717, 1.165) is 34.7 Å². The molecular weight excluding hydrogens is 430 g/mol. The van der Waals surface area contributed by atoms with Crippen LogP contribution in [0.15, 0.2) is 72.8 Å². The molecule has 1 amide bonds. The van der Waals surface area contributed by atoms with Crippen LogP contribution in [0.1, 0.15) is 48.8 Å². The number of halogens is 1. The van der Waals surface area contributed by atoms with Gasteiger partial charge in [0.1, 0.15) is 0 Å². The highest BCUT2D eigenvalue weighted by atomic mass is 35.5. The summed E-state index contributed by atoms with van der Waals surface area (Å²) in [4.78, 5) is 13.0. The molecule has 3 N–H and O–H groups in total. The molecule has 1 aliphatic carbocycles. The lowest BCUT2D eigenvalue weighted by Crippen LogP contribution is -2.30. The van der Waals surface area contributed by atoms with Crippen molar-refractivity contribution >= 4 is 40.2 Å². The number of nitrogens with one attached hydrogen (secondary N) is 3. The summed E-state index contributed by atoms with van der Waals surface area (Å²) in [5.41, 5.74) is 6.15. The summed E-state index contributed by atoms with van der Waals surface area (Å²) < 4.78 is 0. The Hall–Kier alpha value is -3.08. The Kier molecular flexibility index (Phi) is 6.47. The van der Waals surface area contributed by atoms with Crippen molar-refractivity contribution in [3.05, 3.63) is 94.5 Å². The Bertz CT molecular complexity index is 1170. The zero-order valence-electron chi connectivity index (χ0n) is 18.5. The Morgan fingerprint density at radius 1 is 0.939 bits per heavy atom. The monoisotopic (exact) mass is 457 g/mol. The fourth-order valence-electron chi connectivity index (χ4n) is 4.70. The number of anilines is 2. The summed E-state index contributed by atoms with van der Waals surface area (Å²) in [6.45, 7) is 0.883. The van der Waals surface area contributed by atoms with Crippen LogP contribution in [0, 0.1) is 0 Å². The maximum Gasteiger partial charge on any atom is 0.258 e. The highest BCUT2D eigenvalue weighted by Gasteiger charge is 2.28. The molecule has 5 heteroatoms. The van der Waals surface area contributed by atoms with Crippen molar-refractivity contribution in [2.75, 3.05) is 10.6 Å². The molecular formula is C28H28ClN3O. The zero-order chi connectivity index (χ0) is 22.6. The van der Waals surface area contributed by atoms with Gasteiger partial charge >= 0.3 is 0 Å². The molecule has 2 aliphatic rings. The lowest BCUT2D eigenvalue weighted by molar-refractivity contribution is -0.110. The summed E-state index contributed by atoms with van der Waals surface area (Å²) in [6, 6.07) is 24.6. The van der Waals surface area contributed by atoms with Crippen LogP contribution in [-0.2, 0) is 11.3 Å². The lowest BCUT2D eigenvalue weighted by Gasteiger charge is -2.23. The van der Waals surface area contributed by atoms with Gasteiger partial charge in [0.15, 0.2) is 0 Å². The number of amides is 1. The Labute approximate surface area is 200 Å². The average molecular weight is 458 g/mol. The van der Waals surface area contributed by atoms with Crippen molar-refractivity contribution in [3.63, 3.8) is 0 Å².